The van der Waals surface area contributed by atoms with Gasteiger partial charge in [0.1, 0.15) is 0 Å². The number of amides is 3. The second kappa shape index (κ2) is 6.26. The van der Waals surface area contributed by atoms with Crippen molar-refractivity contribution in [1.82, 2.24) is 14.7 Å². The number of hydrogen-bond acceptors (Lipinski definition) is 3. The lowest BCUT2D eigenvalue weighted by atomic mass is 10.1. The molecule has 2 heterocycles. The van der Waals surface area contributed by atoms with Crippen molar-refractivity contribution in [2.75, 3.05) is 32.7 Å². The molecule has 6 heteroatoms. The van der Waals surface area contributed by atoms with Crippen molar-refractivity contribution in [3.8, 4) is 0 Å². The second-order valence-electron chi connectivity index (χ2n) is 7.14. The molecule has 0 aromatic heterocycles. The summed E-state index contributed by atoms with van der Waals surface area (Å²) in [6.45, 7) is 10.7. The standard InChI is InChI=1S/C16H27N3O3/c1-5-13(20)17-6-8-18(9-7-17)15(22)12-10-14(21)19(11-12)16(2,3)4/h12H,5-11H2,1-4H3. The van der Waals surface area contributed by atoms with Gasteiger partial charge in [-0.3, -0.25) is 14.4 Å². The van der Waals surface area contributed by atoms with Gasteiger partial charge in [0, 0.05) is 51.1 Å². The molecule has 0 aliphatic carbocycles. The van der Waals surface area contributed by atoms with E-state index in [4.69, 9.17) is 0 Å². The molecule has 22 heavy (non-hydrogen) atoms. The van der Waals surface area contributed by atoms with Gasteiger partial charge < -0.3 is 14.7 Å². The van der Waals surface area contributed by atoms with E-state index in [1.807, 2.05) is 37.5 Å². The van der Waals surface area contributed by atoms with Crippen LogP contribution in [0.2, 0.25) is 0 Å². The molecule has 0 saturated carbocycles. The average Bonchev–Trinajstić information content (AvgIpc) is 2.88. The molecule has 0 aromatic rings. The number of likely N-dealkylation sites (tertiary alicyclic amines) is 1. The molecule has 1 atom stereocenters. The fourth-order valence-corrected chi connectivity index (χ4v) is 3.18. The SMILES string of the molecule is CCC(=O)N1CCN(C(=O)C2CC(=O)N(C(C)(C)C)C2)CC1. The maximum Gasteiger partial charge on any atom is 0.228 e. The van der Waals surface area contributed by atoms with E-state index in [2.05, 4.69) is 0 Å². The predicted octanol–water partition coefficient (Wildman–Crippen LogP) is 0.714. The van der Waals surface area contributed by atoms with Gasteiger partial charge in [-0.1, -0.05) is 6.92 Å². The zero-order chi connectivity index (χ0) is 16.5. The zero-order valence-corrected chi connectivity index (χ0v) is 14.1. The van der Waals surface area contributed by atoms with Crippen LogP contribution in [0.15, 0.2) is 0 Å². The second-order valence-corrected chi connectivity index (χ2v) is 7.14. The summed E-state index contributed by atoms with van der Waals surface area (Å²) in [6.07, 6.45) is 0.815. The number of hydrogen-bond donors (Lipinski definition) is 0. The Morgan fingerprint density at radius 3 is 2.09 bits per heavy atom. The van der Waals surface area contributed by atoms with Crippen LogP contribution in [0, 0.1) is 5.92 Å². The summed E-state index contributed by atoms with van der Waals surface area (Å²) in [7, 11) is 0. The minimum atomic E-state index is -0.238. The molecule has 0 aromatic carbocycles. The van der Waals surface area contributed by atoms with Gasteiger partial charge in [0.05, 0.1) is 5.92 Å². The van der Waals surface area contributed by atoms with Gasteiger partial charge >= 0.3 is 0 Å². The van der Waals surface area contributed by atoms with Crippen molar-refractivity contribution < 1.29 is 14.4 Å². The van der Waals surface area contributed by atoms with Crippen molar-refractivity contribution in [2.24, 2.45) is 5.92 Å². The van der Waals surface area contributed by atoms with E-state index in [9.17, 15) is 14.4 Å². The first-order valence-corrected chi connectivity index (χ1v) is 8.11. The largest absolute Gasteiger partial charge is 0.339 e. The summed E-state index contributed by atoms with van der Waals surface area (Å²) in [4.78, 5) is 41.8. The Morgan fingerprint density at radius 2 is 1.64 bits per heavy atom. The van der Waals surface area contributed by atoms with E-state index < -0.39 is 0 Å². The van der Waals surface area contributed by atoms with Gasteiger partial charge in [-0.15, -0.1) is 0 Å². The highest BCUT2D eigenvalue weighted by Crippen LogP contribution is 2.27. The normalized spacial score (nSPS) is 23.2. The lowest BCUT2D eigenvalue weighted by molar-refractivity contribution is -0.141. The van der Waals surface area contributed by atoms with Crippen molar-refractivity contribution in [2.45, 2.75) is 46.1 Å². The molecule has 6 nitrogen and oxygen atoms in total. The van der Waals surface area contributed by atoms with E-state index in [1.165, 1.54) is 0 Å². The van der Waals surface area contributed by atoms with Crippen LogP contribution in [-0.4, -0.2) is 70.7 Å². The Kier molecular flexibility index (Phi) is 4.78. The average molecular weight is 309 g/mol. The highest BCUT2D eigenvalue weighted by Gasteiger charge is 2.41. The van der Waals surface area contributed by atoms with E-state index in [0.717, 1.165) is 0 Å². The lowest BCUT2D eigenvalue weighted by Gasteiger charge is -2.36. The van der Waals surface area contributed by atoms with Crippen LogP contribution < -0.4 is 0 Å². The number of rotatable bonds is 2. The minimum Gasteiger partial charge on any atom is -0.339 e. The van der Waals surface area contributed by atoms with Crippen LogP contribution in [0.5, 0.6) is 0 Å². The van der Waals surface area contributed by atoms with Crippen molar-refractivity contribution in [1.29, 1.82) is 0 Å². The van der Waals surface area contributed by atoms with Crippen LogP contribution in [0.25, 0.3) is 0 Å². The Labute approximate surface area is 132 Å². The molecule has 1 unspecified atom stereocenters. The number of nitrogens with zero attached hydrogens (tertiary/aromatic N) is 3. The maximum atomic E-state index is 12.6. The summed E-state index contributed by atoms with van der Waals surface area (Å²) in [6, 6.07) is 0. The van der Waals surface area contributed by atoms with Gasteiger partial charge in [0.15, 0.2) is 0 Å². The molecule has 124 valence electrons. The third kappa shape index (κ3) is 3.42. The van der Waals surface area contributed by atoms with Gasteiger partial charge in [0.25, 0.3) is 0 Å². The van der Waals surface area contributed by atoms with Crippen LogP contribution in [0.3, 0.4) is 0 Å². The number of piperazine rings is 1. The molecule has 2 rings (SSSR count). The molecule has 0 spiro atoms. The Balaban J connectivity index is 1.91. The van der Waals surface area contributed by atoms with Gasteiger partial charge in [-0.25, -0.2) is 0 Å². The molecule has 0 N–H and O–H groups in total. The van der Waals surface area contributed by atoms with Gasteiger partial charge in [-0.2, -0.15) is 0 Å². The first-order chi connectivity index (χ1) is 10.2. The maximum absolute atomic E-state index is 12.6. The molecule has 0 radical (unpaired) electrons. The highest BCUT2D eigenvalue weighted by molar-refractivity contribution is 5.89. The van der Waals surface area contributed by atoms with Gasteiger partial charge in [0.2, 0.25) is 17.7 Å². The first-order valence-electron chi connectivity index (χ1n) is 8.11. The summed E-state index contributed by atoms with van der Waals surface area (Å²) in [5.74, 6) is 0.0246. The van der Waals surface area contributed by atoms with Crippen LogP contribution in [-0.2, 0) is 14.4 Å². The van der Waals surface area contributed by atoms with E-state index in [1.54, 1.807) is 4.90 Å². The molecular formula is C16H27N3O3. The molecular weight excluding hydrogens is 282 g/mol. The molecule has 0 bridgehead atoms. The molecule has 3 amide bonds. The van der Waals surface area contributed by atoms with Crippen LogP contribution >= 0.6 is 0 Å². The smallest absolute Gasteiger partial charge is 0.228 e. The summed E-state index contributed by atoms with van der Waals surface area (Å²) < 4.78 is 0. The molecule has 2 fully saturated rings. The number of carbonyl (C=O) groups excluding carboxylic acids is 3. The lowest BCUT2D eigenvalue weighted by Crippen LogP contribution is -2.52. The highest BCUT2D eigenvalue weighted by atomic mass is 16.2. The van der Waals surface area contributed by atoms with Crippen molar-refractivity contribution in [3.05, 3.63) is 0 Å². The predicted molar refractivity (Wildman–Crippen MR) is 83.0 cm³/mol. The monoisotopic (exact) mass is 309 g/mol. The third-order valence-electron chi connectivity index (χ3n) is 4.53. The van der Waals surface area contributed by atoms with E-state index in [-0.39, 0.29) is 29.2 Å². The third-order valence-corrected chi connectivity index (χ3v) is 4.53. The Morgan fingerprint density at radius 1 is 1.09 bits per heavy atom. The Hall–Kier alpha value is -1.59. The quantitative estimate of drug-likeness (QED) is 0.755. The fraction of sp³-hybridized carbons (Fsp3) is 0.812. The van der Waals surface area contributed by atoms with Crippen molar-refractivity contribution in [3.63, 3.8) is 0 Å². The van der Waals surface area contributed by atoms with Crippen molar-refractivity contribution >= 4 is 17.7 Å². The van der Waals surface area contributed by atoms with Crippen LogP contribution in [0.4, 0.5) is 0 Å². The first kappa shape index (κ1) is 16.8. The Bertz CT molecular complexity index is 462. The fourth-order valence-electron chi connectivity index (χ4n) is 3.18. The summed E-state index contributed by atoms with van der Waals surface area (Å²) in [5, 5.41) is 0. The molecule has 2 aliphatic rings. The zero-order valence-electron chi connectivity index (χ0n) is 14.1. The summed E-state index contributed by atoms with van der Waals surface area (Å²) >= 11 is 0. The molecule has 2 aliphatic heterocycles. The molecule has 2 saturated heterocycles. The van der Waals surface area contributed by atoms with Crippen LogP contribution in [0.1, 0.15) is 40.5 Å². The van der Waals surface area contributed by atoms with E-state index in [0.29, 0.717) is 45.6 Å². The summed E-state index contributed by atoms with van der Waals surface area (Å²) in [5.41, 5.74) is -0.238. The van der Waals surface area contributed by atoms with Gasteiger partial charge in [-0.05, 0) is 20.8 Å². The topological polar surface area (TPSA) is 60.9 Å². The number of carbonyl (C=O) groups is 3. The minimum absolute atomic E-state index is 0.0590. The van der Waals surface area contributed by atoms with E-state index >= 15 is 0 Å².